The predicted molar refractivity (Wildman–Crippen MR) is 57.6 cm³/mol. The molecule has 0 saturated carbocycles. The van der Waals surface area contributed by atoms with E-state index in [0.29, 0.717) is 0 Å². The van der Waals surface area contributed by atoms with Crippen LogP contribution in [0.1, 0.15) is 0 Å². The zero-order chi connectivity index (χ0) is 10.1. The van der Waals surface area contributed by atoms with Crippen LogP contribution in [0.3, 0.4) is 0 Å². The van der Waals surface area contributed by atoms with E-state index in [4.69, 9.17) is 0 Å². The second-order valence-corrected chi connectivity index (χ2v) is 3.90. The van der Waals surface area contributed by atoms with E-state index in [9.17, 15) is 8.78 Å². The number of rotatable bonds is 2. The van der Waals surface area contributed by atoms with Gasteiger partial charge in [0, 0.05) is 26.7 Å². The van der Waals surface area contributed by atoms with E-state index >= 15 is 0 Å². The molecule has 0 aliphatic heterocycles. The molecule has 0 aliphatic rings. The van der Waals surface area contributed by atoms with E-state index in [2.05, 4.69) is 32.3 Å². The highest BCUT2D eigenvalue weighted by molar-refractivity contribution is 14.1. The molecule has 14 heavy (non-hydrogen) atoms. The molecule has 2 rings (SSSR count). The molecule has 1 aromatic heterocycles. The van der Waals surface area contributed by atoms with Crippen molar-refractivity contribution in [3.63, 3.8) is 0 Å². The Morgan fingerprint density at radius 3 is 2.79 bits per heavy atom. The Hall–Kier alpha value is -0.850. The number of hydrogen-bond donors (Lipinski definition) is 1. The second-order valence-electron chi connectivity index (χ2n) is 2.74. The minimum Gasteiger partial charge on any atom is -0.435 e. The monoisotopic (exact) mass is 309 g/mol. The van der Waals surface area contributed by atoms with Gasteiger partial charge < -0.3 is 9.72 Å². The van der Waals surface area contributed by atoms with Gasteiger partial charge in [0.2, 0.25) is 0 Å². The predicted octanol–water partition coefficient (Wildman–Crippen LogP) is 3.37. The molecule has 2 aromatic rings. The Labute approximate surface area is 92.4 Å². The number of H-pyrrole nitrogens is 1. The topological polar surface area (TPSA) is 25.0 Å². The SMILES string of the molecule is FC(F)Oc1cc(I)c2c[nH]cc2c1. The molecule has 0 unspecified atom stereocenters. The van der Waals surface area contributed by atoms with Gasteiger partial charge in [0.1, 0.15) is 5.75 Å². The fourth-order valence-electron chi connectivity index (χ4n) is 1.27. The van der Waals surface area contributed by atoms with Gasteiger partial charge in [-0.1, -0.05) is 0 Å². The first-order valence-corrected chi connectivity index (χ1v) is 4.95. The highest BCUT2D eigenvalue weighted by atomic mass is 127. The lowest BCUT2D eigenvalue weighted by Crippen LogP contribution is -2.01. The maximum absolute atomic E-state index is 11.9. The number of hydrogen-bond acceptors (Lipinski definition) is 1. The van der Waals surface area contributed by atoms with E-state index in [-0.39, 0.29) is 5.75 Å². The Morgan fingerprint density at radius 1 is 1.29 bits per heavy atom. The molecular weight excluding hydrogens is 303 g/mol. The average Bonchev–Trinajstić information content (AvgIpc) is 2.50. The van der Waals surface area contributed by atoms with Crippen LogP contribution in [0.4, 0.5) is 8.78 Å². The van der Waals surface area contributed by atoms with Crippen molar-refractivity contribution in [2.24, 2.45) is 0 Å². The first-order valence-electron chi connectivity index (χ1n) is 3.87. The lowest BCUT2D eigenvalue weighted by Gasteiger charge is -2.05. The molecule has 1 heterocycles. The molecule has 74 valence electrons. The van der Waals surface area contributed by atoms with Crippen LogP contribution in [0, 0.1) is 3.57 Å². The molecule has 2 nitrogen and oxygen atoms in total. The van der Waals surface area contributed by atoms with E-state index in [1.807, 2.05) is 6.20 Å². The summed E-state index contributed by atoms with van der Waals surface area (Å²) in [6.45, 7) is -2.78. The third kappa shape index (κ3) is 1.82. The molecule has 0 aliphatic carbocycles. The molecule has 0 radical (unpaired) electrons. The van der Waals surface area contributed by atoms with Crippen molar-refractivity contribution in [3.05, 3.63) is 28.1 Å². The Bertz CT molecular complexity index is 455. The first kappa shape index (κ1) is 9.70. The van der Waals surface area contributed by atoms with Gasteiger partial charge in [0.25, 0.3) is 0 Å². The third-order valence-electron chi connectivity index (χ3n) is 1.83. The summed E-state index contributed by atoms with van der Waals surface area (Å²) < 4.78 is 29.1. The Balaban J connectivity index is 2.47. The number of ether oxygens (including phenoxy) is 1. The summed E-state index contributed by atoms with van der Waals surface area (Å²) in [4.78, 5) is 2.91. The Kier molecular flexibility index (Phi) is 2.58. The third-order valence-corrected chi connectivity index (χ3v) is 2.72. The number of aromatic nitrogens is 1. The van der Waals surface area contributed by atoms with Crippen LogP contribution >= 0.6 is 22.6 Å². The van der Waals surface area contributed by atoms with E-state index in [1.54, 1.807) is 18.3 Å². The number of nitrogens with one attached hydrogen (secondary N) is 1. The van der Waals surface area contributed by atoms with Crippen LogP contribution in [0.25, 0.3) is 10.8 Å². The van der Waals surface area contributed by atoms with E-state index < -0.39 is 6.61 Å². The highest BCUT2D eigenvalue weighted by Gasteiger charge is 2.07. The van der Waals surface area contributed by atoms with Crippen molar-refractivity contribution >= 4 is 33.4 Å². The van der Waals surface area contributed by atoms with Crippen molar-refractivity contribution in [2.75, 3.05) is 0 Å². The molecule has 5 heteroatoms. The standard InChI is InChI=1S/C9H6F2INO/c10-9(11)14-6-1-5-3-13-4-7(5)8(12)2-6/h1-4,9,13H. The summed E-state index contributed by atoms with van der Waals surface area (Å²) in [5.41, 5.74) is 0. The van der Waals surface area contributed by atoms with Crippen LogP contribution in [0.2, 0.25) is 0 Å². The first-order chi connectivity index (χ1) is 6.66. The number of aromatic amines is 1. The van der Waals surface area contributed by atoms with Gasteiger partial charge in [0.15, 0.2) is 0 Å². The summed E-state index contributed by atoms with van der Waals surface area (Å²) in [6.07, 6.45) is 3.57. The minimum absolute atomic E-state index is 0.191. The van der Waals surface area contributed by atoms with Crippen LogP contribution < -0.4 is 4.74 Å². The smallest absolute Gasteiger partial charge is 0.387 e. The molecule has 0 atom stereocenters. The molecule has 1 aromatic carbocycles. The van der Waals surface area contributed by atoms with Crippen molar-refractivity contribution in [3.8, 4) is 5.75 Å². The van der Waals surface area contributed by atoms with Crippen LogP contribution in [0.5, 0.6) is 5.75 Å². The van der Waals surface area contributed by atoms with E-state index in [1.165, 1.54) is 0 Å². The van der Waals surface area contributed by atoms with Crippen molar-refractivity contribution in [1.82, 2.24) is 4.98 Å². The molecule has 1 N–H and O–H groups in total. The van der Waals surface area contributed by atoms with Gasteiger partial charge in [-0.25, -0.2) is 0 Å². The lowest BCUT2D eigenvalue weighted by molar-refractivity contribution is -0.0497. The molecular formula is C9H6F2INO. The van der Waals surface area contributed by atoms with Gasteiger partial charge in [-0.05, 0) is 34.7 Å². The Morgan fingerprint density at radius 2 is 2.07 bits per heavy atom. The maximum Gasteiger partial charge on any atom is 0.387 e. The van der Waals surface area contributed by atoms with Gasteiger partial charge in [0.05, 0.1) is 0 Å². The van der Waals surface area contributed by atoms with Crippen LogP contribution in [0.15, 0.2) is 24.5 Å². The van der Waals surface area contributed by atoms with Gasteiger partial charge >= 0.3 is 6.61 Å². The van der Waals surface area contributed by atoms with Crippen molar-refractivity contribution in [2.45, 2.75) is 6.61 Å². The quantitative estimate of drug-likeness (QED) is 0.845. The summed E-state index contributed by atoms with van der Waals surface area (Å²) in [6, 6.07) is 3.17. The largest absolute Gasteiger partial charge is 0.435 e. The molecule has 0 bridgehead atoms. The number of benzene rings is 1. The molecule has 0 saturated heterocycles. The molecule has 0 spiro atoms. The number of alkyl halides is 2. The van der Waals surface area contributed by atoms with Crippen LogP contribution in [-0.4, -0.2) is 11.6 Å². The van der Waals surface area contributed by atoms with Crippen molar-refractivity contribution < 1.29 is 13.5 Å². The molecule has 0 fully saturated rings. The summed E-state index contributed by atoms with van der Waals surface area (Å²) in [5.74, 6) is 0.191. The maximum atomic E-state index is 11.9. The zero-order valence-corrected chi connectivity index (χ0v) is 9.09. The minimum atomic E-state index is -2.78. The molecule has 0 amide bonds. The fraction of sp³-hybridized carbons (Fsp3) is 0.111. The van der Waals surface area contributed by atoms with Crippen LogP contribution in [-0.2, 0) is 0 Å². The van der Waals surface area contributed by atoms with Gasteiger partial charge in [-0.15, -0.1) is 0 Å². The van der Waals surface area contributed by atoms with Crippen molar-refractivity contribution in [1.29, 1.82) is 0 Å². The summed E-state index contributed by atoms with van der Waals surface area (Å²) >= 11 is 2.08. The second kappa shape index (κ2) is 3.72. The fourth-order valence-corrected chi connectivity index (χ4v) is 2.04. The number of fused-ring (bicyclic) bond motifs is 1. The van der Waals surface area contributed by atoms with Gasteiger partial charge in [-0.2, -0.15) is 8.78 Å². The highest BCUT2D eigenvalue weighted by Crippen LogP contribution is 2.27. The zero-order valence-electron chi connectivity index (χ0n) is 6.93. The van der Waals surface area contributed by atoms with E-state index in [0.717, 1.165) is 14.3 Å². The summed E-state index contributed by atoms with van der Waals surface area (Å²) in [7, 11) is 0. The van der Waals surface area contributed by atoms with Gasteiger partial charge in [-0.3, -0.25) is 0 Å². The number of halogens is 3. The average molecular weight is 309 g/mol. The lowest BCUT2D eigenvalue weighted by atomic mass is 10.2. The summed E-state index contributed by atoms with van der Waals surface area (Å²) in [5, 5.41) is 1.87. The normalized spacial score (nSPS) is 11.1.